The number of fused-ring (bicyclic) bond motifs is 2. The third kappa shape index (κ3) is 2.01. The van der Waals surface area contributed by atoms with Gasteiger partial charge in [0.25, 0.3) is 0 Å². The Bertz CT molecular complexity index is 664. The van der Waals surface area contributed by atoms with E-state index < -0.39 is 0 Å². The molecule has 2 aromatic rings. The lowest BCUT2D eigenvalue weighted by Gasteiger charge is -2.15. The molecular formula is C17H17NO2. The van der Waals surface area contributed by atoms with Crippen molar-refractivity contribution >= 4 is 5.57 Å². The average Bonchev–Trinajstić information content (AvgIpc) is 2.62. The first-order valence-corrected chi connectivity index (χ1v) is 6.59. The second-order valence-corrected chi connectivity index (χ2v) is 4.97. The van der Waals surface area contributed by atoms with Crippen LogP contribution >= 0.6 is 0 Å². The zero-order valence-corrected chi connectivity index (χ0v) is 11.4. The highest BCUT2D eigenvalue weighted by Crippen LogP contribution is 2.37. The van der Waals surface area contributed by atoms with Crippen molar-refractivity contribution in [2.45, 2.75) is 12.5 Å². The van der Waals surface area contributed by atoms with E-state index >= 15 is 0 Å². The lowest BCUT2D eigenvalue weighted by molar-refractivity contribution is 0.126. The van der Waals surface area contributed by atoms with Crippen molar-refractivity contribution in [2.75, 3.05) is 7.11 Å². The Morgan fingerprint density at radius 3 is 2.75 bits per heavy atom. The van der Waals surface area contributed by atoms with Gasteiger partial charge in [-0.05, 0) is 46.4 Å². The van der Waals surface area contributed by atoms with Crippen molar-refractivity contribution in [1.82, 2.24) is 5.48 Å². The van der Waals surface area contributed by atoms with Crippen LogP contribution in [0.2, 0.25) is 0 Å². The summed E-state index contributed by atoms with van der Waals surface area (Å²) in [7, 11) is 1.66. The van der Waals surface area contributed by atoms with Crippen LogP contribution < -0.4 is 10.2 Å². The fourth-order valence-corrected chi connectivity index (χ4v) is 2.83. The van der Waals surface area contributed by atoms with Gasteiger partial charge in [-0.3, -0.25) is 0 Å². The molecule has 1 aliphatic carbocycles. The van der Waals surface area contributed by atoms with Gasteiger partial charge >= 0.3 is 0 Å². The van der Waals surface area contributed by atoms with E-state index in [0.717, 1.165) is 33.6 Å². The van der Waals surface area contributed by atoms with E-state index in [1.807, 2.05) is 42.5 Å². The van der Waals surface area contributed by atoms with Crippen molar-refractivity contribution < 1.29 is 9.94 Å². The molecule has 0 radical (unpaired) electrons. The molecule has 20 heavy (non-hydrogen) atoms. The summed E-state index contributed by atoms with van der Waals surface area (Å²) >= 11 is 0. The van der Waals surface area contributed by atoms with E-state index in [9.17, 15) is 5.21 Å². The highest BCUT2D eigenvalue weighted by atomic mass is 16.5. The number of hydroxylamine groups is 1. The first-order chi connectivity index (χ1) is 9.74. The molecule has 0 saturated carbocycles. The van der Waals surface area contributed by atoms with Crippen molar-refractivity contribution in [3.63, 3.8) is 0 Å². The predicted octanol–water partition coefficient (Wildman–Crippen LogP) is 3.33. The van der Waals surface area contributed by atoms with Crippen LogP contribution in [0.15, 0.2) is 49.0 Å². The highest BCUT2D eigenvalue weighted by molar-refractivity contribution is 5.83. The highest BCUT2D eigenvalue weighted by Gasteiger charge is 2.23. The molecule has 0 bridgehead atoms. The Balaban J connectivity index is 2.19. The van der Waals surface area contributed by atoms with Crippen LogP contribution in [0.1, 0.15) is 28.3 Å². The summed E-state index contributed by atoms with van der Waals surface area (Å²) < 4.78 is 5.29. The molecule has 0 spiro atoms. The minimum atomic E-state index is -0.142. The fourth-order valence-electron chi connectivity index (χ4n) is 2.83. The molecule has 0 aromatic heterocycles. The molecule has 0 aliphatic heterocycles. The Hall–Kier alpha value is -2.10. The molecule has 0 heterocycles. The van der Waals surface area contributed by atoms with E-state index in [1.54, 1.807) is 7.11 Å². The van der Waals surface area contributed by atoms with E-state index in [1.165, 1.54) is 0 Å². The molecular weight excluding hydrogens is 250 g/mol. The molecule has 102 valence electrons. The van der Waals surface area contributed by atoms with Crippen LogP contribution in [0.3, 0.4) is 0 Å². The van der Waals surface area contributed by atoms with Crippen molar-refractivity contribution in [3.05, 3.63) is 71.3 Å². The fraction of sp³-hybridized carbons (Fsp3) is 0.176. The number of hydrogen-bond acceptors (Lipinski definition) is 3. The summed E-state index contributed by atoms with van der Waals surface area (Å²) in [5, 5.41) is 9.49. The number of methoxy groups -OCH3 is 1. The van der Waals surface area contributed by atoms with Crippen molar-refractivity contribution in [2.24, 2.45) is 0 Å². The van der Waals surface area contributed by atoms with E-state index in [4.69, 9.17) is 4.74 Å². The molecule has 0 amide bonds. The molecule has 1 unspecified atom stereocenters. The van der Waals surface area contributed by atoms with Gasteiger partial charge in [-0.2, -0.15) is 5.48 Å². The SMILES string of the molecule is C=C1c2ccc(OC)cc2CC(NO)c2ccccc21. The van der Waals surface area contributed by atoms with Crippen LogP contribution in [0.4, 0.5) is 0 Å². The largest absolute Gasteiger partial charge is 0.497 e. The first-order valence-electron chi connectivity index (χ1n) is 6.59. The maximum absolute atomic E-state index is 9.49. The Kier molecular flexibility index (Phi) is 3.30. The Morgan fingerprint density at radius 2 is 2.00 bits per heavy atom. The molecule has 2 aromatic carbocycles. The molecule has 3 rings (SSSR count). The molecule has 3 nitrogen and oxygen atoms in total. The maximum Gasteiger partial charge on any atom is 0.119 e. The van der Waals surface area contributed by atoms with E-state index in [2.05, 4.69) is 12.1 Å². The Labute approximate surface area is 118 Å². The van der Waals surface area contributed by atoms with E-state index in [0.29, 0.717) is 6.42 Å². The second-order valence-electron chi connectivity index (χ2n) is 4.97. The topological polar surface area (TPSA) is 41.5 Å². The summed E-state index contributed by atoms with van der Waals surface area (Å²) in [6.07, 6.45) is 0.694. The quantitative estimate of drug-likeness (QED) is 0.820. The normalized spacial score (nSPS) is 17.1. The number of ether oxygens (including phenoxy) is 1. The minimum absolute atomic E-state index is 0.142. The molecule has 1 atom stereocenters. The molecule has 0 fully saturated rings. The van der Waals surface area contributed by atoms with Crippen LogP contribution in [-0.4, -0.2) is 12.3 Å². The van der Waals surface area contributed by atoms with Crippen LogP contribution in [-0.2, 0) is 6.42 Å². The first kappa shape index (κ1) is 12.9. The zero-order chi connectivity index (χ0) is 14.1. The predicted molar refractivity (Wildman–Crippen MR) is 78.9 cm³/mol. The minimum Gasteiger partial charge on any atom is -0.497 e. The lowest BCUT2D eigenvalue weighted by atomic mass is 9.95. The van der Waals surface area contributed by atoms with Gasteiger partial charge in [0.05, 0.1) is 13.2 Å². The third-order valence-electron chi connectivity index (χ3n) is 3.88. The summed E-state index contributed by atoms with van der Waals surface area (Å²) in [4.78, 5) is 0. The summed E-state index contributed by atoms with van der Waals surface area (Å²) in [5.74, 6) is 0.819. The zero-order valence-electron chi connectivity index (χ0n) is 11.4. The van der Waals surface area contributed by atoms with Gasteiger partial charge in [0.2, 0.25) is 0 Å². The standard InChI is InChI=1S/C17H17NO2/c1-11-14-8-7-13(20-2)9-12(14)10-17(18-19)16-6-4-3-5-15(11)16/h3-9,17-19H,1,10H2,2H3. The number of nitrogens with one attached hydrogen (secondary N) is 1. The average molecular weight is 267 g/mol. The van der Waals surface area contributed by atoms with Crippen LogP contribution in [0.25, 0.3) is 5.57 Å². The Morgan fingerprint density at radius 1 is 1.20 bits per heavy atom. The van der Waals surface area contributed by atoms with Gasteiger partial charge in [-0.15, -0.1) is 0 Å². The summed E-state index contributed by atoms with van der Waals surface area (Å²) in [5.41, 5.74) is 7.77. The molecule has 1 aliphatic rings. The number of rotatable bonds is 2. The lowest BCUT2D eigenvalue weighted by Crippen LogP contribution is -2.19. The van der Waals surface area contributed by atoms with Crippen LogP contribution in [0.5, 0.6) is 5.75 Å². The smallest absolute Gasteiger partial charge is 0.119 e. The van der Waals surface area contributed by atoms with E-state index in [-0.39, 0.29) is 6.04 Å². The third-order valence-corrected chi connectivity index (χ3v) is 3.88. The van der Waals surface area contributed by atoms with Gasteiger partial charge in [-0.25, -0.2) is 0 Å². The monoisotopic (exact) mass is 267 g/mol. The van der Waals surface area contributed by atoms with Gasteiger partial charge in [0.1, 0.15) is 5.75 Å². The van der Waals surface area contributed by atoms with Gasteiger partial charge < -0.3 is 9.94 Å². The van der Waals surface area contributed by atoms with Crippen molar-refractivity contribution in [3.8, 4) is 5.75 Å². The summed E-state index contributed by atoms with van der Waals surface area (Å²) in [6, 6.07) is 13.9. The molecule has 3 heteroatoms. The number of hydrogen-bond donors (Lipinski definition) is 2. The van der Waals surface area contributed by atoms with Gasteiger partial charge in [0.15, 0.2) is 0 Å². The van der Waals surface area contributed by atoms with Gasteiger partial charge in [0, 0.05) is 0 Å². The molecule has 2 N–H and O–H groups in total. The second kappa shape index (κ2) is 5.12. The number of benzene rings is 2. The van der Waals surface area contributed by atoms with Crippen molar-refractivity contribution in [1.29, 1.82) is 0 Å². The van der Waals surface area contributed by atoms with Crippen LogP contribution in [0, 0.1) is 0 Å². The summed E-state index contributed by atoms with van der Waals surface area (Å²) in [6.45, 7) is 4.23. The van der Waals surface area contributed by atoms with Gasteiger partial charge in [-0.1, -0.05) is 36.9 Å². The molecule has 0 saturated heterocycles. The maximum atomic E-state index is 9.49.